The topological polar surface area (TPSA) is 26.0 Å². The lowest BCUT2D eigenvalue weighted by molar-refractivity contribution is -0.859. The van der Waals surface area contributed by atoms with E-state index in [0.717, 1.165) is 6.20 Å². The van der Waals surface area contributed by atoms with Crippen molar-refractivity contribution >= 4 is 6.90 Å². The summed E-state index contributed by atoms with van der Waals surface area (Å²) in [7, 11) is 0. The van der Waals surface area contributed by atoms with Gasteiger partial charge in [-0.3, -0.25) is 0 Å². The fourth-order valence-electron chi connectivity index (χ4n) is 1.44. The molecule has 2 rings (SSSR count). The molecule has 0 bridgehead atoms. The van der Waals surface area contributed by atoms with E-state index < -0.39 is 13.0 Å². The Balaban J connectivity index is 2.40. The first-order chi connectivity index (χ1) is 9.31. The fourth-order valence-corrected chi connectivity index (χ4v) is 1.44. The Morgan fingerprint density at radius 2 is 1.75 bits per heavy atom. The van der Waals surface area contributed by atoms with Gasteiger partial charge in [-0.1, -0.05) is 6.07 Å². The highest BCUT2D eigenvalue weighted by atomic mass is 19.4. The molecule has 0 saturated carbocycles. The summed E-state index contributed by atoms with van der Waals surface area (Å²) in [6, 6.07) is 8.70. The second-order valence-electron chi connectivity index (χ2n) is 3.87. The first-order valence-electron chi connectivity index (χ1n) is 5.50. The summed E-state index contributed by atoms with van der Waals surface area (Å²) in [5.41, 5.74) is 0.195. The molecule has 9 heteroatoms. The molecule has 20 heavy (non-hydrogen) atoms. The third-order valence-corrected chi connectivity index (χ3v) is 2.38. The van der Waals surface area contributed by atoms with E-state index in [0.29, 0.717) is 4.73 Å². The van der Waals surface area contributed by atoms with E-state index in [1.807, 2.05) is 0 Å². The monoisotopic (exact) mass is 290 g/mol. The molecular formula is C11H8BF5N2O. The van der Waals surface area contributed by atoms with Crippen LogP contribution in [0, 0.1) is 0 Å². The molecule has 0 aliphatic heterocycles. The van der Waals surface area contributed by atoms with E-state index in [4.69, 9.17) is 0 Å². The van der Waals surface area contributed by atoms with Crippen LogP contribution in [0.25, 0.3) is 11.4 Å². The minimum atomic E-state index is -6.01. The van der Waals surface area contributed by atoms with Crippen molar-refractivity contribution in [1.29, 1.82) is 0 Å². The number of hydrogen-bond donors (Lipinski definition) is 0. The molecule has 106 valence electrons. The Kier molecular flexibility index (Phi) is 3.60. The second kappa shape index (κ2) is 5.07. The van der Waals surface area contributed by atoms with E-state index in [2.05, 4.69) is 9.74 Å². The molecule has 0 fully saturated rings. The Morgan fingerprint density at radius 1 is 1.05 bits per heavy atom. The van der Waals surface area contributed by atoms with Crippen LogP contribution in [0.5, 0.6) is 0 Å². The third kappa shape index (κ3) is 2.86. The van der Waals surface area contributed by atoms with Gasteiger partial charge >= 0.3 is 13.0 Å². The first-order valence-corrected chi connectivity index (χ1v) is 5.50. The van der Waals surface area contributed by atoms with Gasteiger partial charge in [0.1, 0.15) is 5.69 Å². The Labute approximate surface area is 110 Å². The number of halogens is 5. The zero-order valence-corrected chi connectivity index (χ0v) is 9.89. The van der Waals surface area contributed by atoms with Gasteiger partial charge in [-0.15, -0.1) is 0 Å². The van der Waals surface area contributed by atoms with Crippen LogP contribution in [-0.2, 0) is 0 Å². The van der Waals surface area contributed by atoms with Crippen molar-refractivity contribution in [3.63, 3.8) is 0 Å². The van der Waals surface area contributed by atoms with Crippen molar-refractivity contribution in [2.45, 2.75) is 6.08 Å². The SMILES string of the molecule is F[B-](F)(O[n+]1ccccc1-c1ccccn1)C(F)(F)F. The van der Waals surface area contributed by atoms with E-state index in [1.54, 1.807) is 12.1 Å². The molecule has 0 aromatic carbocycles. The number of rotatable bonds is 3. The Bertz CT molecular complexity index is 591. The molecule has 2 heterocycles. The number of hydrogen-bond acceptors (Lipinski definition) is 2. The number of aromatic nitrogens is 2. The highest BCUT2D eigenvalue weighted by Gasteiger charge is 2.60. The minimum absolute atomic E-state index is 0.0149. The van der Waals surface area contributed by atoms with Crippen LogP contribution in [0.2, 0.25) is 0 Å². The van der Waals surface area contributed by atoms with Gasteiger partial charge < -0.3 is 13.4 Å². The van der Waals surface area contributed by atoms with Crippen LogP contribution in [-0.4, -0.2) is 18.0 Å². The smallest absolute Gasteiger partial charge is 0.432 e. The van der Waals surface area contributed by atoms with Gasteiger partial charge in [-0.05, 0) is 22.9 Å². The van der Waals surface area contributed by atoms with Gasteiger partial charge in [0.2, 0.25) is 6.20 Å². The highest BCUT2D eigenvalue weighted by molar-refractivity contribution is 6.61. The maximum absolute atomic E-state index is 13.0. The molecular weight excluding hydrogens is 282 g/mol. The van der Waals surface area contributed by atoms with Crippen LogP contribution in [0.3, 0.4) is 0 Å². The Hall–Kier alpha value is -2.19. The van der Waals surface area contributed by atoms with E-state index >= 15 is 0 Å². The van der Waals surface area contributed by atoms with Crippen molar-refractivity contribution in [3.05, 3.63) is 48.8 Å². The third-order valence-electron chi connectivity index (χ3n) is 2.38. The molecule has 3 nitrogen and oxygen atoms in total. The quantitative estimate of drug-likeness (QED) is 0.493. The number of alkyl halides is 3. The molecule has 0 aliphatic carbocycles. The van der Waals surface area contributed by atoms with E-state index in [1.165, 1.54) is 30.5 Å². The molecule has 2 aromatic rings. The lowest BCUT2D eigenvalue weighted by Gasteiger charge is -2.23. The molecule has 0 unspecified atom stereocenters. The summed E-state index contributed by atoms with van der Waals surface area (Å²) in [5.74, 6) is 0. The normalized spacial score (nSPS) is 12.2. The van der Waals surface area contributed by atoms with Crippen molar-refractivity contribution in [1.82, 2.24) is 4.98 Å². The zero-order valence-electron chi connectivity index (χ0n) is 9.89. The maximum Gasteiger partial charge on any atom is 0.658 e. The molecule has 0 N–H and O–H groups in total. The van der Waals surface area contributed by atoms with E-state index in [9.17, 15) is 21.8 Å². The van der Waals surface area contributed by atoms with Crippen molar-refractivity contribution < 1.29 is 31.3 Å². The summed E-state index contributed by atoms with van der Waals surface area (Å²) in [6.07, 6.45) is -3.39. The minimum Gasteiger partial charge on any atom is -0.432 e. The van der Waals surface area contributed by atoms with Crippen molar-refractivity contribution in [3.8, 4) is 11.4 Å². The summed E-state index contributed by atoms with van der Waals surface area (Å²) in [5, 5.41) is 0. The van der Waals surface area contributed by atoms with Gasteiger partial charge in [0.25, 0.3) is 5.69 Å². The number of nitrogens with zero attached hydrogens (tertiary/aromatic N) is 2. The predicted molar refractivity (Wildman–Crippen MR) is 60.5 cm³/mol. The second-order valence-corrected chi connectivity index (χ2v) is 3.87. The fraction of sp³-hybridized carbons (Fsp3) is 0.0909. The lowest BCUT2D eigenvalue weighted by Crippen LogP contribution is -2.62. The predicted octanol–water partition coefficient (Wildman–Crippen LogP) is 2.44. The van der Waals surface area contributed by atoms with E-state index in [-0.39, 0.29) is 11.4 Å². The molecule has 0 saturated heterocycles. The standard InChI is InChI=1S/C11H8BF5N2O/c13-11(14,15)12(16,17)20-19-8-4-2-6-10(19)9-5-1-3-7-18-9/h1-8H. The molecule has 0 aliphatic rings. The van der Waals surface area contributed by atoms with Gasteiger partial charge in [0.05, 0.1) is 0 Å². The lowest BCUT2D eigenvalue weighted by atomic mass is 9.87. The van der Waals surface area contributed by atoms with Crippen LogP contribution in [0.1, 0.15) is 0 Å². The molecule has 0 atom stereocenters. The molecule has 0 amide bonds. The van der Waals surface area contributed by atoms with Gasteiger partial charge in [0, 0.05) is 18.3 Å². The van der Waals surface area contributed by atoms with Crippen molar-refractivity contribution in [2.75, 3.05) is 0 Å². The zero-order chi connectivity index (χ0) is 14.8. The molecule has 0 spiro atoms. The van der Waals surface area contributed by atoms with Crippen LogP contribution < -0.4 is 9.49 Å². The largest absolute Gasteiger partial charge is 0.658 e. The summed E-state index contributed by atoms with van der Waals surface area (Å²) < 4.78 is 66.7. The van der Waals surface area contributed by atoms with Gasteiger partial charge in [-0.25, -0.2) is 18.2 Å². The number of pyridine rings is 2. The van der Waals surface area contributed by atoms with Crippen LogP contribution in [0.4, 0.5) is 21.8 Å². The molecule has 2 aromatic heterocycles. The summed E-state index contributed by atoms with van der Waals surface area (Å²) >= 11 is 0. The molecule has 0 radical (unpaired) electrons. The van der Waals surface area contributed by atoms with Crippen LogP contribution in [0.15, 0.2) is 48.8 Å². The van der Waals surface area contributed by atoms with Crippen LogP contribution >= 0.6 is 0 Å². The van der Waals surface area contributed by atoms with Gasteiger partial charge in [0.15, 0.2) is 0 Å². The van der Waals surface area contributed by atoms with Crippen molar-refractivity contribution in [2.24, 2.45) is 0 Å². The first kappa shape index (κ1) is 14.2. The summed E-state index contributed by atoms with van der Waals surface area (Å²) in [4.78, 5) is 3.88. The Morgan fingerprint density at radius 3 is 2.35 bits per heavy atom. The summed E-state index contributed by atoms with van der Waals surface area (Å²) in [6.45, 7) is -6.01. The van der Waals surface area contributed by atoms with Gasteiger partial charge in [-0.2, -0.15) is 0 Å². The highest BCUT2D eigenvalue weighted by Crippen LogP contribution is 2.29. The average molecular weight is 290 g/mol. The maximum atomic E-state index is 13.0. The average Bonchev–Trinajstić information content (AvgIpc) is 2.38.